The molecule has 0 radical (unpaired) electrons. The van der Waals surface area contributed by atoms with Gasteiger partial charge in [0.1, 0.15) is 11.4 Å². The van der Waals surface area contributed by atoms with Gasteiger partial charge in [-0.15, -0.1) is 13.2 Å². The number of hydrogen-bond donors (Lipinski definition) is 1. The molecule has 2 rings (SSSR count). The van der Waals surface area contributed by atoms with Crippen LogP contribution < -0.4 is 9.64 Å². The molecule has 1 aliphatic heterocycles. The Kier molecular flexibility index (Phi) is 5.76. The molecule has 1 saturated heterocycles. The van der Waals surface area contributed by atoms with E-state index >= 15 is 0 Å². The number of anilines is 1. The van der Waals surface area contributed by atoms with E-state index in [1.54, 1.807) is 25.7 Å². The molecule has 1 aromatic rings. The summed E-state index contributed by atoms with van der Waals surface area (Å²) in [6.07, 6.45) is -5.40. The Labute approximate surface area is 154 Å². The third-order valence-electron chi connectivity index (χ3n) is 3.67. The van der Waals surface area contributed by atoms with E-state index in [1.165, 1.54) is 11.0 Å². The maximum absolute atomic E-state index is 12.5. The first-order valence-electron chi connectivity index (χ1n) is 8.21. The fraction of sp³-hybridized carbons (Fsp3) is 0.529. The van der Waals surface area contributed by atoms with Crippen LogP contribution in [0.3, 0.4) is 0 Å². The van der Waals surface area contributed by atoms with Crippen molar-refractivity contribution in [2.75, 3.05) is 31.1 Å². The molecule has 1 aliphatic rings. The van der Waals surface area contributed by atoms with Crippen molar-refractivity contribution in [3.05, 3.63) is 23.8 Å². The van der Waals surface area contributed by atoms with Crippen LogP contribution in [-0.4, -0.2) is 60.2 Å². The van der Waals surface area contributed by atoms with Gasteiger partial charge < -0.3 is 24.4 Å². The molecule has 0 bridgehead atoms. The predicted molar refractivity (Wildman–Crippen MR) is 90.1 cm³/mol. The second-order valence-electron chi connectivity index (χ2n) is 7.02. The van der Waals surface area contributed by atoms with Gasteiger partial charge in [0, 0.05) is 37.9 Å². The molecule has 1 amide bonds. The van der Waals surface area contributed by atoms with Crippen LogP contribution in [0.2, 0.25) is 0 Å². The van der Waals surface area contributed by atoms with Gasteiger partial charge in [0.05, 0.1) is 5.56 Å². The number of rotatable bonds is 3. The number of carbonyl (C=O) groups excluding carboxylic acids is 1. The first-order valence-corrected chi connectivity index (χ1v) is 8.21. The van der Waals surface area contributed by atoms with Gasteiger partial charge >= 0.3 is 18.4 Å². The summed E-state index contributed by atoms with van der Waals surface area (Å²) >= 11 is 0. The molecule has 1 fully saturated rings. The van der Waals surface area contributed by atoms with Crippen LogP contribution in [0.1, 0.15) is 31.1 Å². The molecule has 7 nitrogen and oxygen atoms in total. The van der Waals surface area contributed by atoms with Crippen LogP contribution >= 0.6 is 0 Å². The molecule has 10 heteroatoms. The molecule has 0 aromatic heterocycles. The Balaban J connectivity index is 2.12. The minimum Gasteiger partial charge on any atom is -0.478 e. The number of carbonyl (C=O) groups is 2. The fourth-order valence-corrected chi connectivity index (χ4v) is 2.56. The maximum atomic E-state index is 12.5. The molecule has 1 heterocycles. The monoisotopic (exact) mass is 390 g/mol. The predicted octanol–water partition coefficient (Wildman–Crippen LogP) is 3.34. The summed E-state index contributed by atoms with van der Waals surface area (Å²) in [4.78, 5) is 26.5. The van der Waals surface area contributed by atoms with Crippen molar-refractivity contribution in [2.45, 2.75) is 32.7 Å². The van der Waals surface area contributed by atoms with Crippen LogP contribution in [0.15, 0.2) is 18.2 Å². The van der Waals surface area contributed by atoms with Crippen LogP contribution in [0.4, 0.5) is 23.7 Å². The normalized spacial score (nSPS) is 15.5. The number of halogens is 3. The average molecular weight is 390 g/mol. The molecular formula is C17H21F3N2O5. The first kappa shape index (κ1) is 20.7. The second kappa shape index (κ2) is 7.53. The lowest BCUT2D eigenvalue weighted by molar-refractivity contribution is -0.274. The molecule has 27 heavy (non-hydrogen) atoms. The van der Waals surface area contributed by atoms with Crippen LogP contribution in [0, 0.1) is 0 Å². The lowest BCUT2D eigenvalue weighted by atomic mass is 10.1. The topological polar surface area (TPSA) is 79.3 Å². The van der Waals surface area contributed by atoms with E-state index in [2.05, 4.69) is 4.74 Å². The smallest absolute Gasteiger partial charge is 0.478 e. The Hall–Kier alpha value is -2.65. The minimum atomic E-state index is -4.93. The molecule has 0 unspecified atom stereocenters. The highest BCUT2D eigenvalue weighted by molar-refractivity contribution is 5.89. The number of aromatic carboxylic acids is 1. The van der Waals surface area contributed by atoms with Gasteiger partial charge in [0.25, 0.3) is 0 Å². The zero-order valence-electron chi connectivity index (χ0n) is 15.2. The number of amides is 1. The molecule has 0 saturated carbocycles. The number of ether oxygens (including phenoxy) is 2. The minimum absolute atomic E-state index is 0.276. The lowest BCUT2D eigenvalue weighted by Crippen LogP contribution is -2.50. The summed E-state index contributed by atoms with van der Waals surface area (Å²) in [5.41, 5.74) is -0.673. The maximum Gasteiger partial charge on any atom is 0.573 e. The highest BCUT2D eigenvalue weighted by atomic mass is 19.4. The number of alkyl halides is 3. The molecule has 0 spiro atoms. The van der Waals surface area contributed by atoms with Crippen molar-refractivity contribution in [2.24, 2.45) is 0 Å². The number of nitrogens with zero attached hydrogens (tertiary/aromatic N) is 2. The standard InChI is InChI=1S/C17H21F3N2O5/c1-16(2,3)27-15(25)22-6-4-21(5-7-22)12-8-11(14(23)24)9-13(10-12)26-17(18,19)20/h8-10H,4-7H2,1-3H3,(H,23,24). The third kappa shape index (κ3) is 6.22. The number of carboxylic acid groups (broad SMARTS) is 1. The van der Waals surface area contributed by atoms with Crippen molar-refractivity contribution >= 4 is 17.7 Å². The Morgan fingerprint density at radius 2 is 1.63 bits per heavy atom. The van der Waals surface area contributed by atoms with E-state index in [4.69, 9.17) is 9.84 Å². The Bertz CT molecular complexity index is 708. The Morgan fingerprint density at radius 3 is 2.11 bits per heavy atom. The lowest BCUT2D eigenvalue weighted by Gasteiger charge is -2.37. The second-order valence-corrected chi connectivity index (χ2v) is 7.02. The van der Waals surface area contributed by atoms with E-state index < -0.39 is 29.8 Å². The third-order valence-corrected chi connectivity index (χ3v) is 3.67. The molecule has 0 aliphatic carbocycles. The van der Waals surface area contributed by atoms with E-state index in [0.29, 0.717) is 26.2 Å². The van der Waals surface area contributed by atoms with Gasteiger partial charge in [-0.2, -0.15) is 0 Å². The van der Waals surface area contributed by atoms with Crippen molar-refractivity contribution in [1.29, 1.82) is 0 Å². The highest BCUT2D eigenvalue weighted by Crippen LogP contribution is 2.29. The molecule has 1 aromatic carbocycles. The van der Waals surface area contributed by atoms with Crippen LogP contribution in [0.25, 0.3) is 0 Å². The number of benzene rings is 1. The van der Waals surface area contributed by atoms with Crippen molar-refractivity contribution in [3.63, 3.8) is 0 Å². The summed E-state index contributed by atoms with van der Waals surface area (Å²) in [7, 11) is 0. The van der Waals surface area contributed by atoms with E-state index in [1.807, 2.05) is 0 Å². The summed E-state index contributed by atoms with van der Waals surface area (Å²) < 4.78 is 46.6. The largest absolute Gasteiger partial charge is 0.573 e. The van der Waals surface area contributed by atoms with E-state index in [-0.39, 0.29) is 11.3 Å². The number of piperazine rings is 1. The van der Waals surface area contributed by atoms with Gasteiger partial charge in [-0.05, 0) is 32.9 Å². The zero-order chi connectivity index (χ0) is 20.4. The molecule has 0 atom stereocenters. The summed E-state index contributed by atoms with van der Waals surface area (Å²) in [6.45, 7) is 6.47. The first-order chi connectivity index (χ1) is 12.3. The average Bonchev–Trinajstić information content (AvgIpc) is 2.51. The van der Waals surface area contributed by atoms with E-state index in [9.17, 15) is 22.8 Å². The fourth-order valence-electron chi connectivity index (χ4n) is 2.56. The summed E-state index contributed by atoms with van der Waals surface area (Å²) in [5, 5.41) is 9.13. The van der Waals surface area contributed by atoms with Gasteiger partial charge in [0.15, 0.2) is 0 Å². The zero-order valence-corrected chi connectivity index (χ0v) is 15.2. The molecule has 150 valence electrons. The Morgan fingerprint density at radius 1 is 1.04 bits per heavy atom. The quantitative estimate of drug-likeness (QED) is 0.853. The number of hydrogen-bond acceptors (Lipinski definition) is 5. The van der Waals surface area contributed by atoms with Crippen molar-refractivity contribution in [1.82, 2.24) is 4.90 Å². The van der Waals surface area contributed by atoms with Gasteiger partial charge in [-0.25, -0.2) is 9.59 Å². The SMILES string of the molecule is CC(C)(C)OC(=O)N1CCN(c2cc(OC(F)(F)F)cc(C(=O)O)c2)CC1. The van der Waals surface area contributed by atoms with Crippen molar-refractivity contribution in [3.8, 4) is 5.75 Å². The summed E-state index contributed by atoms with van der Waals surface area (Å²) in [6, 6.07) is 3.22. The van der Waals surface area contributed by atoms with E-state index in [0.717, 1.165) is 12.1 Å². The van der Waals surface area contributed by atoms with Crippen LogP contribution in [0.5, 0.6) is 5.75 Å². The van der Waals surface area contributed by atoms with Gasteiger partial charge in [-0.1, -0.05) is 0 Å². The summed E-state index contributed by atoms with van der Waals surface area (Å²) in [5.74, 6) is -1.97. The van der Waals surface area contributed by atoms with Gasteiger partial charge in [-0.3, -0.25) is 0 Å². The molecular weight excluding hydrogens is 369 g/mol. The number of carboxylic acids is 1. The van der Waals surface area contributed by atoms with Crippen molar-refractivity contribution < 1.29 is 37.3 Å². The highest BCUT2D eigenvalue weighted by Gasteiger charge is 2.32. The van der Waals surface area contributed by atoms with Gasteiger partial charge in [0.2, 0.25) is 0 Å². The van der Waals surface area contributed by atoms with Crippen LogP contribution in [-0.2, 0) is 4.74 Å². The molecule has 1 N–H and O–H groups in total.